The summed E-state index contributed by atoms with van der Waals surface area (Å²) in [5.74, 6) is 1.60. The van der Waals surface area contributed by atoms with E-state index in [1.165, 1.54) is 38.9 Å². The van der Waals surface area contributed by atoms with Gasteiger partial charge in [-0.05, 0) is 43.5 Å². The zero-order chi connectivity index (χ0) is 15.2. The molecule has 1 unspecified atom stereocenters. The first kappa shape index (κ1) is 15.2. The minimum absolute atomic E-state index is 0.714. The maximum absolute atomic E-state index is 4.45. The fourth-order valence-electron chi connectivity index (χ4n) is 3.04. The Morgan fingerprint density at radius 3 is 2.68 bits per heavy atom. The van der Waals surface area contributed by atoms with Gasteiger partial charge in [0.2, 0.25) is 5.82 Å². The molecule has 0 amide bonds. The third-order valence-corrected chi connectivity index (χ3v) is 4.33. The largest absolute Gasteiger partial charge is 0.303 e. The number of aromatic nitrogens is 4. The van der Waals surface area contributed by atoms with Crippen LogP contribution in [-0.2, 0) is 6.54 Å². The lowest BCUT2D eigenvalue weighted by Gasteiger charge is -2.14. The second kappa shape index (κ2) is 7.49. The fourth-order valence-corrected chi connectivity index (χ4v) is 3.04. The molecule has 2 heterocycles. The number of nitrogens with zero attached hydrogens (tertiary/aromatic N) is 5. The summed E-state index contributed by atoms with van der Waals surface area (Å²) in [7, 11) is 0. The number of hydrogen-bond acceptors (Lipinski definition) is 4. The van der Waals surface area contributed by atoms with Gasteiger partial charge in [0.1, 0.15) is 0 Å². The molecule has 118 valence electrons. The molecular formula is C17H25N5. The van der Waals surface area contributed by atoms with Gasteiger partial charge in [-0.25, -0.2) is 0 Å². The second-order valence-electron chi connectivity index (χ2n) is 6.33. The Morgan fingerprint density at radius 1 is 1.09 bits per heavy atom. The summed E-state index contributed by atoms with van der Waals surface area (Å²) in [4.78, 5) is 4.31. The number of benzene rings is 1. The Balaban J connectivity index is 1.37. The number of likely N-dealkylation sites (tertiary alicyclic amines) is 1. The van der Waals surface area contributed by atoms with Gasteiger partial charge in [0, 0.05) is 12.1 Å². The molecule has 0 spiro atoms. The number of tetrazole rings is 1. The van der Waals surface area contributed by atoms with Gasteiger partial charge in [0.15, 0.2) is 0 Å². The van der Waals surface area contributed by atoms with Crippen LogP contribution in [0.5, 0.6) is 0 Å². The van der Waals surface area contributed by atoms with Crippen molar-refractivity contribution in [3.63, 3.8) is 0 Å². The van der Waals surface area contributed by atoms with Crippen LogP contribution in [0.4, 0.5) is 0 Å². The van der Waals surface area contributed by atoms with Crippen LogP contribution in [0.3, 0.4) is 0 Å². The SMILES string of the molecule is CC1CCN(CCCCCn2nnc(-c3ccccc3)n2)C1. The molecule has 3 rings (SSSR count). The van der Waals surface area contributed by atoms with E-state index in [1.807, 2.05) is 30.3 Å². The van der Waals surface area contributed by atoms with Crippen LogP contribution >= 0.6 is 0 Å². The highest BCUT2D eigenvalue weighted by Crippen LogP contribution is 2.16. The van der Waals surface area contributed by atoms with Gasteiger partial charge in [0.05, 0.1) is 6.54 Å². The molecule has 22 heavy (non-hydrogen) atoms. The molecule has 2 aromatic rings. The van der Waals surface area contributed by atoms with E-state index in [9.17, 15) is 0 Å². The molecular weight excluding hydrogens is 274 g/mol. The normalized spacial score (nSPS) is 18.9. The van der Waals surface area contributed by atoms with Crippen molar-refractivity contribution in [1.82, 2.24) is 25.1 Å². The molecule has 1 aliphatic heterocycles. The van der Waals surface area contributed by atoms with Crippen LogP contribution in [0, 0.1) is 5.92 Å². The molecule has 1 aliphatic rings. The molecule has 0 radical (unpaired) electrons. The zero-order valence-corrected chi connectivity index (χ0v) is 13.4. The van der Waals surface area contributed by atoms with Gasteiger partial charge in [0.25, 0.3) is 0 Å². The van der Waals surface area contributed by atoms with Crippen LogP contribution in [0.15, 0.2) is 30.3 Å². The zero-order valence-electron chi connectivity index (χ0n) is 13.4. The summed E-state index contributed by atoms with van der Waals surface area (Å²) in [5, 5.41) is 12.7. The third-order valence-electron chi connectivity index (χ3n) is 4.33. The average Bonchev–Trinajstić information content (AvgIpc) is 3.17. The Hall–Kier alpha value is -1.75. The lowest BCUT2D eigenvalue weighted by molar-refractivity contribution is 0.315. The number of unbranched alkanes of at least 4 members (excludes halogenated alkanes) is 2. The van der Waals surface area contributed by atoms with Crippen molar-refractivity contribution in [3.8, 4) is 11.4 Å². The Morgan fingerprint density at radius 2 is 1.91 bits per heavy atom. The Labute approximate surface area is 132 Å². The van der Waals surface area contributed by atoms with Crippen LogP contribution in [-0.4, -0.2) is 44.7 Å². The smallest absolute Gasteiger partial charge is 0.204 e. The molecule has 1 aromatic carbocycles. The van der Waals surface area contributed by atoms with Crippen molar-refractivity contribution in [2.24, 2.45) is 5.92 Å². The Kier molecular flexibility index (Phi) is 5.16. The van der Waals surface area contributed by atoms with E-state index in [4.69, 9.17) is 0 Å². The van der Waals surface area contributed by atoms with Gasteiger partial charge in [-0.3, -0.25) is 0 Å². The van der Waals surface area contributed by atoms with Gasteiger partial charge in [-0.1, -0.05) is 43.7 Å². The van der Waals surface area contributed by atoms with Gasteiger partial charge >= 0.3 is 0 Å². The monoisotopic (exact) mass is 299 g/mol. The van der Waals surface area contributed by atoms with E-state index in [-0.39, 0.29) is 0 Å². The molecule has 1 saturated heterocycles. The minimum atomic E-state index is 0.714. The van der Waals surface area contributed by atoms with E-state index in [0.717, 1.165) is 24.4 Å². The predicted octanol–water partition coefficient (Wildman–Crippen LogP) is 2.85. The Bertz CT molecular complexity index is 565. The summed E-state index contributed by atoms with van der Waals surface area (Å²) in [6, 6.07) is 10.0. The lowest BCUT2D eigenvalue weighted by atomic mass is 10.2. The molecule has 0 bridgehead atoms. The first-order valence-corrected chi connectivity index (χ1v) is 8.37. The van der Waals surface area contributed by atoms with Crippen LogP contribution < -0.4 is 0 Å². The topological polar surface area (TPSA) is 46.8 Å². The summed E-state index contributed by atoms with van der Waals surface area (Å²) < 4.78 is 0. The molecule has 1 aromatic heterocycles. The van der Waals surface area contributed by atoms with Crippen molar-refractivity contribution in [2.75, 3.05) is 19.6 Å². The van der Waals surface area contributed by atoms with Crippen molar-refractivity contribution >= 4 is 0 Å². The predicted molar refractivity (Wildman–Crippen MR) is 87.3 cm³/mol. The standard InChI is InChI=1S/C17H25N5/c1-15-10-13-21(14-15)11-6-3-7-12-22-19-17(18-20-22)16-8-4-2-5-9-16/h2,4-5,8-9,15H,3,6-7,10-14H2,1H3. The van der Waals surface area contributed by atoms with Crippen LogP contribution in [0.25, 0.3) is 11.4 Å². The number of aryl methyl sites for hydroxylation is 1. The highest BCUT2D eigenvalue weighted by Gasteiger charge is 2.17. The van der Waals surface area contributed by atoms with Crippen molar-refractivity contribution < 1.29 is 0 Å². The van der Waals surface area contributed by atoms with Crippen molar-refractivity contribution in [3.05, 3.63) is 30.3 Å². The van der Waals surface area contributed by atoms with E-state index >= 15 is 0 Å². The molecule has 1 atom stereocenters. The summed E-state index contributed by atoms with van der Waals surface area (Å²) in [5.41, 5.74) is 1.02. The maximum Gasteiger partial charge on any atom is 0.204 e. The molecule has 5 nitrogen and oxygen atoms in total. The quantitative estimate of drug-likeness (QED) is 0.738. The van der Waals surface area contributed by atoms with E-state index < -0.39 is 0 Å². The van der Waals surface area contributed by atoms with Crippen LogP contribution in [0.2, 0.25) is 0 Å². The van der Waals surface area contributed by atoms with Crippen molar-refractivity contribution in [2.45, 2.75) is 39.2 Å². The summed E-state index contributed by atoms with van der Waals surface area (Å²) >= 11 is 0. The van der Waals surface area contributed by atoms with E-state index in [0.29, 0.717) is 5.82 Å². The van der Waals surface area contributed by atoms with Crippen LogP contribution in [0.1, 0.15) is 32.6 Å². The van der Waals surface area contributed by atoms with Crippen molar-refractivity contribution in [1.29, 1.82) is 0 Å². The summed E-state index contributed by atoms with van der Waals surface area (Å²) in [6.45, 7) is 7.01. The first-order valence-electron chi connectivity index (χ1n) is 8.37. The van der Waals surface area contributed by atoms with Gasteiger partial charge in [-0.2, -0.15) is 4.80 Å². The van der Waals surface area contributed by atoms with E-state index in [1.54, 1.807) is 4.80 Å². The molecule has 5 heteroatoms. The maximum atomic E-state index is 4.45. The lowest BCUT2D eigenvalue weighted by Crippen LogP contribution is -2.21. The second-order valence-corrected chi connectivity index (χ2v) is 6.33. The first-order chi connectivity index (χ1) is 10.8. The highest BCUT2D eigenvalue weighted by molar-refractivity contribution is 5.52. The molecule has 0 N–H and O–H groups in total. The number of hydrogen-bond donors (Lipinski definition) is 0. The third kappa shape index (κ3) is 4.13. The number of rotatable bonds is 7. The molecule has 0 saturated carbocycles. The fraction of sp³-hybridized carbons (Fsp3) is 0.588. The van der Waals surface area contributed by atoms with E-state index in [2.05, 4.69) is 27.2 Å². The minimum Gasteiger partial charge on any atom is -0.303 e. The average molecular weight is 299 g/mol. The van der Waals surface area contributed by atoms with Gasteiger partial charge in [-0.15, -0.1) is 10.2 Å². The summed E-state index contributed by atoms with van der Waals surface area (Å²) in [6.07, 6.45) is 4.99. The molecule has 1 fully saturated rings. The van der Waals surface area contributed by atoms with Gasteiger partial charge < -0.3 is 4.90 Å². The highest BCUT2D eigenvalue weighted by atomic mass is 15.6. The molecule has 0 aliphatic carbocycles.